The fourth-order valence-electron chi connectivity index (χ4n) is 2.44. The zero-order valence-electron chi connectivity index (χ0n) is 13.2. The van der Waals surface area contributed by atoms with Crippen molar-refractivity contribution in [1.29, 1.82) is 0 Å². The van der Waals surface area contributed by atoms with E-state index in [2.05, 4.69) is 40.3 Å². The fourth-order valence-corrected chi connectivity index (χ4v) is 2.70. The molecule has 2 aromatic rings. The minimum absolute atomic E-state index is 0.185. The van der Waals surface area contributed by atoms with Crippen LogP contribution in [0.2, 0.25) is 0 Å². The SMILES string of the molecule is CC[C@H]([NH2+][C@@H](C)C(=O)Nc1ccccc1F)c1ccc(Br)cc1. The number of rotatable bonds is 6. The van der Waals surface area contributed by atoms with Crippen molar-refractivity contribution in [1.82, 2.24) is 0 Å². The molecule has 1 amide bonds. The number of halogens is 2. The van der Waals surface area contributed by atoms with Crippen LogP contribution in [0.1, 0.15) is 31.9 Å². The van der Waals surface area contributed by atoms with Crippen LogP contribution >= 0.6 is 15.9 Å². The smallest absolute Gasteiger partial charge is 0.282 e. The Bertz CT molecular complexity index is 660. The van der Waals surface area contributed by atoms with Crippen LogP contribution in [0.25, 0.3) is 0 Å². The third kappa shape index (κ3) is 4.88. The Kier molecular flexibility index (Phi) is 6.30. The Morgan fingerprint density at radius 3 is 2.48 bits per heavy atom. The second kappa shape index (κ2) is 8.22. The maximum absolute atomic E-state index is 13.6. The molecule has 2 rings (SSSR count). The lowest BCUT2D eigenvalue weighted by molar-refractivity contribution is -0.713. The molecular formula is C18H21BrFN2O+. The average molecular weight is 380 g/mol. The summed E-state index contributed by atoms with van der Waals surface area (Å²) in [5.41, 5.74) is 1.38. The van der Waals surface area contributed by atoms with Crippen LogP contribution in [0, 0.1) is 5.82 Å². The first-order valence-electron chi connectivity index (χ1n) is 7.67. The number of nitrogens with two attached hydrogens (primary N) is 1. The molecule has 0 aliphatic carbocycles. The molecule has 0 radical (unpaired) electrons. The zero-order valence-corrected chi connectivity index (χ0v) is 14.8. The first-order valence-corrected chi connectivity index (χ1v) is 8.46. The minimum atomic E-state index is -0.423. The van der Waals surface area contributed by atoms with Gasteiger partial charge in [-0.25, -0.2) is 4.39 Å². The molecule has 5 heteroatoms. The summed E-state index contributed by atoms with van der Waals surface area (Å²) in [6.07, 6.45) is 0.902. The van der Waals surface area contributed by atoms with E-state index in [9.17, 15) is 9.18 Å². The number of hydrogen-bond donors (Lipinski definition) is 2. The molecule has 0 saturated carbocycles. The van der Waals surface area contributed by atoms with Gasteiger partial charge in [-0.15, -0.1) is 0 Å². The first kappa shape index (κ1) is 17.6. The fraction of sp³-hybridized carbons (Fsp3) is 0.278. The number of nitrogens with one attached hydrogen (secondary N) is 1. The van der Waals surface area contributed by atoms with Gasteiger partial charge in [0, 0.05) is 16.5 Å². The summed E-state index contributed by atoms with van der Waals surface area (Å²) in [5, 5.41) is 4.66. The molecule has 3 nitrogen and oxygen atoms in total. The van der Waals surface area contributed by atoms with Gasteiger partial charge in [0.25, 0.3) is 5.91 Å². The summed E-state index contributed by atoms with van der Waals surface area (Å²) < 4.78 is 14.6. The number of benzene rings is 2. The van der Waals surface area contributed by atoms with Crippen molar-refractivity contribution in [3.8, 4) is 0 Å². The zero-order chi connectivity index (χ0) is 16.8. The summed E-state index contributed by atoms with van der Waals surface area (Å²) >= 11 is 3.42. The lowest BCUT2D eigenvalue weighted by Gasteiger charge is -2.19. The number of amides is 1. The van der Waals surface area contributed by atoms with Crippen LogP contribution < -0.4 is 10.6 Å². The van der Waals surface area contributed by atoms with Gasteiger partial charge >= 0.3 is 0 Å². The number of quaternary nitrogens is 1. The lowest BCUT2D eigenvalue weighted by atomic mass is 10.0. The number of carbonyl (C=O) groups excluding carboxylic acids is 1. The molecule has 0 aromatic heterocycles. The predicted molar refractivity (Wildman–Crippen MR) is 93.6 cm³/mol. The maximum atomic E-state index is 13.6. The predicted octanol–water partition coefficient (Wildman–Crippen LogP) is 3.63. The van der Waals surface area contributed by atoms with Crippen LogP contribution in [0.5, 0.6) is 0 Å². The molecule has 23 heavy (non-hydrogen) atoms. The summed E-state index contributed by atoms with van der Waals surface area (Å²) in [6.45, 7) is 3.92. The Balaban J connectivity index is 2.01. The molecule has 3 N–H and O–H groups in total. The van der Waals surface area contributed by atoms with Crippen LogP contribution in [-0.4, -0.2) is 11.9 Å². The van der Waals surface area contributed by atoms with E-state index in [1.54, 1.807) is 18.2 Å². The second-order valence-corrected chi connectivity index (χ2v) is 6.43. The van der Waals surface area contributed by atoms with E-state index < -0.39 is 5.82 Å². The summed E-state index contributed by atoms with van der Waals surface area (Å²) in [6, 6.07) is 14.2. The highest BCUT2D eigenvalue weighted by Gasteiger charge is 2.22. The number of anilines is 1. The van der Waals surface area contributed by atoms with Gasteiger partial charge in [0.15, 0.2) is 6.04 Å². The average Bonchev–Trinajstić information content (AvgIpc) is 2.55. The Hall–Kier alpha value is -1.72. The molecule has 0 saturated heterocycles. The van der Waals surface area contributed by atoms with Crippen molar-refractivity contribution in [3.05, 3.63) is 64.4 Å². The molecule has 0 fully saturated rings. The van der Waals surface area contributed by atoms with Crippen molar-refractivity contribution >= 4 is 27.5 Å². The van der Waals surface area contributed by atoms with Crippen LogP contribution in [0.3, 0.4) is 0 Å². The van der Waals surface area contributed by atoms with Gasteiger partial charge in [-0.05, 0) is 31.2 Å². The van der Waals surface area contributed by atoms with E-state index in [1.807, 2.05) is 24.4 Å². The maximum Gasteiger partial charge on any atom is 0.282 e. The van der Waals surface area contributed by atoms with E-state index >= 15 is 0 Å². The number of para-hydroxylation sites is 1. The summed E-state index contributed by atoms with van der Waals surface area (Å²) in [5.74, 6) is -0.626. The molecule has 0 spiro atoms. The van der Waals surface area contributed by atoms with Gasteiger partial charge in [-0.1, -0.05) is 47.1 Å². The standard InChI is InChI=1S/C18H20BrFN2O/c1-3-16(13-8-10-14(19)11-9-13)21-12(2)18(23)22-17-7-5-4-6-15(17)20/h4-12,16,21H,3H2,1-2H3,(H,22,23)/p+1/t12-,16-/m0/s1. The minimum Gasteiger partial charge on any atom is -0.330 e. The highest BCUT2D eigenvalue weighted by atomic mass is 79.9. The lowest BCUT2D eigenvalue weighted by Crippen LogP contribution is -2.92. The van der Waals surface area contributed by atoms with E-state index in [-0.39, 0.29) is 23.7 Å². The molecule has 0 bridgehead atoms. The van der Waals surface area contributed by atoms with Gasteiger partial charge in [0.05, 0.1) is 5.69 Å². The van der Waals surface area contributed by atoms with E-state index in [0.29, 0.717) is 0 Å². The molecule has 0 aliphatic rings. The monoisotopic (exact) mass is 379 g/mol. The molecule has 2 atom stereocenters. The number of carbonyl (C=O) groups is 1. The van der Waals surface area contributed by atoms with Gasteiger partial charge in [-0.3, -0.25) is 4.79 Å². The van der Waals surface area contributed by atoms with Crippen molar-refractivity contribution in [2.45, 2.75) is 32.4 Å². The van der Waals surface area contributed by atoms with Gasteiger partial charge in [-0.2, -0.15) is 0 Å². The summed E-state index contributed by atoms with van der Waals surface area (Å²) in [7, 11) is 0. The molecule has 0 heterocycles. The van der Waals surface area contributed by atoms with E-state index in [4.69, 9.17) is 0 Å². The quantitative estimate of drug-likeness (QED) is 0.790. The summed E-state index contributed by atoms with van der Waals surface area (Å²) in [4.78, 5) is 12.3. The molecular weight excluding hydrogens is 359 g/mol. The third-order valence-corrected chi connectivity index (χ3v) is 4.33. The molecule has 0 unspecified atom stereocenters. The Labute approximate surface area is 144 Å². The van der Waals surface area contributed by atoms with Gasteiger partial charge in [0.1, 0.15) is 11.9 Å². The van der Waals surface area contributed by atoms with Crippen molar-refractivity contribution in [2.24, 2.45) is 0 Å². The molecule has 0 aliphatic heterocycles. The highest BCUT2D eigenvalue weighted by Crippen LogP contribution is 2.17. The number of hydrogen-bond acceptors (Lipinski definition) is 1. The van der Waals surface area contributed by atoms with Crippen LogP contribution in [0.4, 0.5) is 10.1 Å². The first-order chi connectivity index (χ1) is 11.0. The Morgan fingerprint density at radius 2 is 1.87 bits per heavy atom. The van der Waals surface area contributed by atoms with Gasteiger partial charge in [0.2, 0.25) is 0 Å². The van der Waals surface area contributed by atoms with Crippen molar-refractivity contribution in [2.75, 3.05) is 5.32 Å². The third-order valence-electron chi connectivity index (χ3n) is 3.80. The molecule has 2 aromatic carbocycles. The van der Waals surface area contributed by atoms with E-state index in [0.717, 1.165) is 10.9 Å². The van der Waals surface area contributed by atoms with Crippen molar-refractivity contribution in [3.63, 3.8) is 0 Å². The normalized spacial score (nSPS) is 13.4. The molecule has 122 valence electrons. The highest BCUT2D eigenvalue weighted by molar-refractivity contribution is 9.10. The van der Waals surface area contributed by atoms with E-state index in [1.165, 1.54) is 11.6 Å². The topological polar surface area (TPSA) is 45.7 Å². The van der Waals surface area contributed by atoms with Crippen LogP contribution in [0.15, 0.2) is 53.0 Å². The largest absolute Gasteiger partial charge is 0.330 e. The van der Waals surface area contributed by atoms with Crippen molar-refractivity contribution < 1.29 is 14.5 Å². The van der Waals surface area contributed by atoms with Crippen LogP contribution in [-0.2, 0) is 4.79 Å². The second-order valence-electron chi connectivity index (χ2n) is 5.52. The Morgan fingerprint density at radius 1 is 1.22 bits per heavy atom. The van der Waals surface area contributed by atoms with Gasteiger partial charge < -0.3 is 10.6 Å².